The molecule has 1 aliphatic carbocycles. The maximum atomic E-state index is 12.7. The average molecular weight is 468 g/mol. The first kappa shape index (κ1) is 21.7. The van der Waals surface area contributed by atoms with Crippen LogP contribution in [0.25, 0.3) is 28.4 Å². The number of carbonyl (C=O) groups is 1. The molecule has 0 saturated heterocycles. The van der Waals surface area contributed by atoms with Crippen LogP contribution in [-0.2, 0) is 11.2 Å². The lowest BCUT2D eigenvalue weighted by atomic mass is 9.91. The molecule has 2 aromatic carbocycles. The van der Waals surface area contributed by atoms with Gasteiger partial charge < -0.3 is 8.83 Å². The van der Waals surface area contributed by atoms with Crippen molar-refractivity contribution < 1.29 is 13.6 Å². The summed E-state index contributed by atoms with van der Waals surface area (Å²) in [5.41, 5.74) is 6.22. The predicted molar refractivity (Wildman–Crippen MR) is 135 cm³/mol. The van der Waals surface area contributed by atoms with E-state index < -0.39 is 0 Å². The quantitative estimate of drug-likeness (QED) is 0.336. The number of aryl methyl sites for hydroxylation is 1. The third kappa shape index (κ3) is 4.51. The van der Waals surface area contributed by atoms with Crippen LogP contribution in [0.4, 0.5) is 6.01 Å². The first-order valence-electron chi connectivity index (χ1n) is 10.9. The van der Waals surface area contributed by atoms with Gasteiger partial charge in [-0.15, -0.1) is 5.10 Å². The van der Waals surface area contributed by atoms with Gasteiger partial charge in [0.2, 0.25) is 0 Å². The molecular weight excluding hydrogens is 446 g/mol. The summed E-state index contributed by atoms with van der Waals surface area (Å²) in [6.45, 7) is 2.15. The SMILES string of the molecule is CCc1ccc(-c2ccc(C3=CC=C(C(=O)Nc4nnc(-c5ccco5)o4)C(=S)C3)cc2)cc1. The molecule has 1 aliphatic rings. The Labute approximate surface area is 202 Å². The van der Waals surface area contributed by atoms with Gasteiger partial charge >= 0.3 is 6.01 Å². The van der Waals surface area contributed by atoms with Crippen molar-refractivity contribution >= 4 is 34.6 Å². The predicted octanol–water partition coefficient (Wildman–Crippen LogP) is 6.28. The minimum atomic E-state index is -0.388. The highest BCUT2D eigenvalue weighted by Gasteiger charge is 2.22. The van der Waals surface area contributed by atoms with Crippen molar-refractivity contribution in [2.24, 2.45) is 0 Å². The van der Waals surface area contributed by atoms with E-state index in [0.717, 1.165) is 23.1 Å². The minimum Gasteiger partial charge on any atom is -0.459 e. The molecule has 5 rings (SSSR count). The lowest BCUT2D eigenvalue weighted by molar-refractivity contribution is -0.112. The number of benzene rings is 2. The summed E-state index contributed by atoms with van der Waals surface area (Å²) in [6, 6.07) is 20.4. The third-order valence-electron chi connectivity index (χ3n) is 5.68. The molecule has 0 atom stereocenters. The van der Waals surface area contributed by atoms with Gasteiger partial charge in [-0.05, 0) is 52.5 Å². The van der Waals surface area contributed by atoms with Gasteiger partial charge in [-0.3, -0.25) is 10.1 Å². The average Bonchev–Trinajstić information content (AvgIpc) is 3.56. The summed E-state index contributed by atoms with van der Waals surface area (Å²) in [7, 11) is 0. The highest BCUT2D eigenvalue weighted by Crippen LogP contribution is 2.29. The first-order valence-corrected chi connectivity index (χ1v) is 11.3. The Morgan fingerprint density at radius 2 is 1.68 bits per heavy atom. The van der Waals surface area contributed by atoms with E-state index >= 15 is 0 Å². The largest absolute Gasteiger partial charge is 0.459 e. The molecule has 2 aromatic heterocycles. The Hall–Kier alpha value is -4.10. The fourth-order valence-electron chi connectivity index (χ4n) is 3.75. The second kappa shape index (κ2) is 9.41. The lowest BCUT2D eigenvalue weighted by Crippen LogP contribution is -2.21. The zero-order valence-electron chi connectivity index (χ0n) is 18.4. The van der Waals surface area contributed by atoms with Crippen molar-refractivity contribution in [3.63, 3.8) is 0 Å². The van der Waals surface area contributed by atoms with Gasteiger partial charge in [0.1, 0.15) is 0 Å². The highest BCUT2D eigenvalue weighted by molar-refractivity contribution is 7.81. The Balaban J connectivity index is 1.29. The maximum absolute atomic E-state index is 12.7. The summed E-state index contributed by atoms with van der Waals surface area (Å²) < 4.78 is 10.7. The summed E-state index contributed by atoms with van der Waals surface area (Å²) in [4.78, 5) is 13.3. The molecule has 1 N–H and O–H groups in total. The van der Waals surface area contributed by atoms with Crippen LogP contribution in [0.1, 0.15) is 24.5 Å². The van der Waals surface area contributed by atoms with Crippen LogP contribution in [0.3, 0.4) is 0 Å². The number of nitrogens with zero attached hydrogens (tertiary/aromatic N) is 2. The van der Waals surface area contributed by atoms with E-state index in [2.05, 4.69) is 71.0 Å². The highest BCUT2D eigenvalue weighted by atomic mass is 32.1. The number of carbonyl (C=O) groups excluding carboxylic acids is 1. The second-order valence-electron chi connectivity index (χ2n) is 7.84. The molecule has 0 spiro atoms. The molecule has 1 amide bonds. The number of hydrogen-bond acceptors (Lipinski definition) is 6. The minimum absolute atomic E-state index is 0.0163. The molecule has 0 unspecified atom stereocenters. The standard InChI is InChI=1S/C27H21N3O3S/c1-2-17-5-7-18(8-6-17)19-9-11-20(12-10-19)21-13-14-22(24(34)16-21)25(31)28-27-30-29-26(33-27)23-4-3-15-32-23/h3-15H,2,16H2,1H3,(H,28,30,31). The molecule has 6 nitrogen and oxygen atoms in total. The fourth-order valence-corrected chi connectivity index (χ4v) is 4.07. The van der Waals surface area contributed by atoms with Gasteiger partial charge in [-0.1, -0.05) is 78.8 Å². The number of rotatable bonds is 6. The van der Waals surface area contributed by atoms with Crippen molar-refractivity contribution in [1.29, 1.82) is 0 Å². The Morgan fingerprint density at radius 3 is 2.32 bits per heavy atom. The van der Waals surface area contributed by atoms with Crippen molar-refractivity contribution in [3.05, 3.63) is 95.8 Å². The summed E-state index contributed by atoms with van der Waals surface area (Å²) >= 11 is 5.54. The molecule has 4 aromatic rings. The number of anilines is 1. The monoisotopic (exact) mass is 467 g/mol. The van der Waals surface area contributed by atoms with Gasteiger partial charge in [0.25, 0.3) is 11.8 Å². The summed E-state index contributed by atoms with van der Waals surface area (Å²) in [5.74, 6) is 0.227. The van der Waals surface area contributed by atoms with Gasteiger partial charge in [-0.25, -0.2) is 0 Å². The zero-order valence-corrected chi connectivity index (χ0v) is 19.3. The molecule has 168 valence electrons. The topological polar surface area (TPSA) is 81.2 Å². The van der Waals surface area contributed by atoms with Gasteiger partial charge in [0.05, 0.1) is 11.8 Å². The van der Waals surface area contributed by atoms with E-state index in [1.165, 1.54) is 17.4 Å². The maximum Gasteiger partial charge on any atom is 0.322 e. The number of hydrogen-bond donors (Lipinski definition) is 1. The van der Waals surface area contributed by atoms with Crippen molar-refractivity contribution in [3.8, 4) is 22.8 Å². The number of allylic oxidation sites excluding steroid dienone is 3. The lowest BCUT2D eigenvalue weighted by Gasteiger charge is -2.16. The molecule has 0 saturated carbocycles. The van der Waals surface area contributed by atoms with Crippen LogP contribution in [0, 0.1) is 0 Å². The molecular formula is C27H21N3O3S. The van der Waals surface area contributed by atoms with Crippen LogP contribution >= 0.6 is 12.2 Å². The summed E-state index contributed by atoms with van der Waals surface area (Å²) in [5, 5.41) is 10.3. The third-order valence-corrected chi connectivity index (χ3v) is 6.04. The number of thiocarbonyl (C=S) groups is 1. The van der Waals surface area contributed by atoms with Crippen LogP contribution in [0.5, 0.6) is 0 Å². The van der Waals surface area contributed by atoms with Crippen molar-refractivity contribution in [2.75, 3.05) is 5.32 Å². The van der Waals surface area contributed by atoms with E-state index in [9.17, 15) is 4.79 Å². The second-order valence-corrected chi connectivity index (χ2v) is 8.34. The molecule has 0 aliphatic heterocycles. The van der Waals surface area contributed by atoms with E-state index in [1.807, 2.05) is 6.08 Å². The fraction of sp³-hybridized carbons (Fsp3) is 0.111. The van der Waals surface area contributed by atoms with E-state index in [1.54, 1.807) is 18.2 Å². The molecule has 0 radical (unpaired) electrons. The van der Waals surface area contributed by atoms with Crippen LogP contribution in [-0.4, -0.2) is 21.0 Å². The number of furan rings is 1. The smallest absolute Gasteiger partial charge is 0.322 e. The molecule has 7 heteroatoms. The molecule has 2 heterocycles. The Bertz CT molecular complexity index is 1400. The number of nitrogens with one attached hydrogen (secondary N) is 1. The Morgan fingerprint density at radius 1 is 0.971 bits per heavy atom. The van der Waals surface area contributed by atoms with Gasteiger partial charge in [0.15, 0.2) is 5.76 Å². The van der Waals surface area contributed by atoms with Crippen molar-refractivity contribution in [2.45, 2.75) is 19.8 Å². The van der Waals surface area contributed by atoms with Crippen molar-refractivity contribution in [1.82, 2.24) is 10.2 Å². The molecule has 0 fully saturated rings. The number of amides is 1. The van der Waals surface area contributed by atoms with Crippen LogP contribution < -0.4 is 5.32 Å². The van der Waals surface area contributed by atoms with Gasteiger partial charge in [-0.2, -0.15) is 0 Å². The molecule has 34 heavy (non-hydrogen) atoms. The number of aromatic nitrogens is 2. The van der Waals surface area contributed by atoms with E-state index in [-0.39, 0.29) is 17.8 Å². The van der Waals surface area contributed by atoms with E-state index in [0.29, 0.717) is 22.6 Å². The normalized spacial score (nSPS) is 13.4. The first-order chi connectivity index (χ1) is 16.6. The zero-order chi connectivity index (χ0) is 23.5. The van der Waals surface area contributed by atoms with Gasteiger partial charge in [0, 0.05) is 11.3 Å². The molecule has 0 bridgehead atoms. The van der Waals surface area contributed by atoms with Crippen LogP contribution in [0.15, 0.2) is 93.5 Å². The summed E-state index contributed by atoms with van der Waals surface area (Å²) in [6.07, 6.45) is 6.70. The van der Waals surface area contributed by atoms with Crippen LogP contribution in [0.2, 0.25) is 0 Å². The Kier molecular flexibility index (Phi) is 6.01. The van der Waals surface area contributed by atoms with E-state index in [4.69, 9.17) is 21.1 Å².